The molecular weight excluding hydrogens is 253 g/mol. The molecule has 2 rings (SSSR count). The zero-order valence-corrected chi connectivity index (χ0v) is 12.9. The number of ether oxygens (including phenoxy) is 1. The van der Waals surface area contributed by atoms with Crippen molar-refractivity contribution in [3.63, 3.8) is 0 Å². The minimum absolute atomic E-state index is 0.250. The predicted octanol–water partition coefficient (Wildman–Crippen LogP) is 5.40. The second-order valence-electron chi connectivity index (χ2n) is 4.69. The van der Waals surface area contributed by atoms with Crippen LogP contribution in [0.3, 0.4) is 0 Å². The van der Waals surface area contributed by atoms with Crippen LogP contribution in [0.25, 0.3) is 5.57 Å². The highest BCUT2D eigenvalue weighted by Gasteiger charge is 2.24. The molecule has 0 spiro atoms. The number of aliphatic imine (C=N–C) groups is 1. The van der Waals surface area contributed by atoms with E-state index in [1.165, 1.54) is 18.9 Å². The Labute approximate surface area is 121 Å². The summed E-state index contributed by atoms with van der Waals surface area (Å²) in [6, 6.07) is 3.12. The minimum atomic E-state index is -0.360. The van der Waals surface area contributed by atoms with Crippen LogP contribution in [0, 0.1) is 11.7 Å². The molecule has 110 valence electrons. The van der Waals surface area contributed by atoms with E-state index in [0.29, 0.717) is 18.2 Å². The lowest BCUT2D eigenvalue weighted by atomic mass is 10.1. The van der Waals surface area contributed by atoms with Gasteiger partial charge in [-0.3, -0.25) is 4.99 Å². The summed E-state index contributed by atoms with van der Waals surface area (Å²) in [6.07, 6.45) is 3.99. The van der Waals surface area contributed by atoms with Crippen molar-refractivity contribution in [1.82, 2.24) is 0 Å². The summed E-state index contributed by atoms with van der Waals surface area (Å²) in [5.41, 5.74) is 2.23. The van der Waals surface area contributed by atoms with Crippen molar-refractivity contribution in [1.29, 1.82) is 0 Å². The first-order valence-corrected chi connectivity index (χ1v) is 7.23. The van der Waals surface area contributed by atoms with Crippen molar-refractivity contribution >= 4 is 17.5 Å². The summed E-state index contributed by atoms with van der Waals surface area (Å²) < 4.78 is 19.5. The molecule has 0 unspecified atom stereocenters. The van der Waals surface area contributed by atoms with Crippen molar-refractivity contribution in [3.8, 4) is 5.75 Å². The van der Waals surface area contributed by atoms with Gasteiger partial charge in [0.25, 0.3) is 0 Å². The maximum atomic E-state index is 13.9. The number of hydrogen-bond acceptors (Lipinski definition) is 2. The van der Waals surface area contributed by atoms with Gasteiger partial charge in [-0.1, -0.05) is 20.4 Å². The fourth-order valence-electron chi connectivity index (χ4n) is 1.77. The van der Waals surface area contributed by atoms with Crippen LogP contribution >= 0.6 is 0 Å². The zero-order chi connectivity index (χ0) is 15.1. The van der Waals surface area contributed by atoms with Crippen LogP contribution < -0.4 is 4.74 Å². The van der Waals surface area contributed by atoms with Crippen LogP contribution in [-0.4, -0.2) is 12.8 Å². The SMILES string of the molecule is C=C(C)c1ccc(F)c(OCC2CC2)c1N=CC.CC. The van der Waals surface area contributed by atoms with Crippen molar-refractivity contribution in [3.05, 3.63) is 30.1 Å². The van der Waals surface area contributed by atoms with Gasteiger partial charge < -0.3 is 4.74 Å². The van der Waals surface area contributed by atoms with Gasteiger partial charge in [-0.25, -0.2) is 4.39 Å². The summed E-state index contributed by atoms with van der Waals surface area (Å²) in [6.45, 7) is 12.2. The van der Waals surface area contributed by atoms with Crippen LogP contribution in [0.15, 0.2) is 23.7 Å². The Hall–Kier alpha value is -1.64. The van der Waals surface area contributed by atoms with Gasteiger partial charge in [-0.05, 0) is 50.3 Å². The van der Waals surface area contributed by atoms with E-state index in [1.54, 1.807) is 19.2 Å². The number of halogens is 1. The molecule has 3 heteroatoms. The van der Waals surface area contributed by atoms with Gasteiger partial charge in [-0.2, -0.15) is 0 Å². The summed E-state index contributed by atoms with van der Waals surface area (Å²) in [5.74, 6) is 0.470. The number of allylic oxidation sites excluding steroid dienone is 1. The molecule has 0 atom stereocenters. The molecule has 0 aromatic heterocycles. The quantitative estimate of drug-likeness (QED) is 0.661. The molecule has 1 aliphatic rings. The Morgan fingerprint density at radius 1 is 1.45 bits per heavy atom. The average Bonchev–Trinajstić information content (AvgIpc) is 3.24. The third-order valence-electron chi connectivity index (χ3n) is 2.96. The summed E-state index contributed by atoms with van der Waals surface area (Å²) in [4.78, 5) is 4.24. The maximum absolute atomic E-state index is 13.9. The molecule has 1 aliphatic carbocycles. The van der Waals surface area contributed by atoms with Gasteiger partial charge in [0.15, 0.2) is 11.6 Å². The predicted molar refractivity (Wildman–Crippen MR) is 84.5 cm³/mol. The molecular formula is C17H24FNO. The highest BCUT2D eigenvalue weighted by molar-refractivity contribution is 5.79. The Morgan fingerprint density at radius 3 is 2.60 bits per heavy atom. The smallest absolute Gasteiger partial charge is 0.181 e. The van der Waals surface area contributed by atoms with E-state index < -0.39 is 0 Å². The van der Waals surface area contributed by atoms with Crippen LogP contribution in [0.2, 0.25) is 0 Å². The molecule has 1 aromatic carbocycles. The van der Waals surface area contributed by atoms with Gasteiger partial charge >= 0.3 is 0 Å². The first kappa shape index (κ1) is 16.4. The van der Waals surface area contributed by atoms with Crippen LogP contribution in [0.5, 0.6) is 5.75 Å². The van der Waals surface area contributed by atoms with Gasteiger partial charge in [-0.15, -0.1) is 0 Å². The standard InChI is InChI=1S/C15H18FNO.C2H6/c1-4-17-14-12(10(2)3)7-8-13(16)15(14)18-9-11-5-6-11;1-2/h4,7-8,11H,2,5-6,9H2,1,3H3;1-2H3. The first-order chi connectivity index (χ1) is 9.63. The van der Waals surface area contributed by atoms with E-state index in [4.69, 9.17) is 4.74 Å². The third kappa shape index (κ3) is 4.19. The molecule has 1 fully saturated rings. The molecule has 1 aromatic rings. The average molecular weight is 277 g/mol. The summed E-state index contributed by atoms with van der Waals surface area (Å²) >= 11 is 0. The fraction of sp³-hybridized carbons (Fsp3) is 0.471. The van der Waals surface area contributed by atoms with E-state index in [2.05, 4.69) is 11.6 Å². The number of nitrogens with zero attached hydrogens (tertiary/aromatic N) is 1. The zero-order valence-electron chi connectivity index (χ0n) is 12.9. The molecule has 0 radical (unpaired) electrons. The number of rotatable bonds is 5. The monoisotopic (exact) mass is 277 g/mol. The fourth-order valence-corrected chi connectivity index (χ4v) is 1.77. The van der Waals surface area contributed by atoms with Crippen molar-refractivity contribution in [2.75, 3.05) is 6.61 Å². The van der Waals surface area contributed by atoms with Crippen LogP contribution in [-0.2, 0) is 0 Å². The highest BCUT2D eigenvalue weighted by Crippen LogP contribution is 2.39. The second kappa shape index (κ2) is 7.83. The lowest BCUT2D eigenvalue weighted by Crippen LogP contribution is -2.02. The van der Waals surface area contributed by atoms with E-state index in [-0.39, 0.29) is 11.6 Å². The van der Waals surface area contributed by atoms with E-state index in [1.807, 2.05) is 20.8 Å². The summed E-state index contributed by atoms with van der Waals surface area (Å²) in [5, 5.41) is 0. The Kier molecular flexibility index (Phi) is 6.43. The number of benzene rings is 1. The molecule has 0 amide bonds. The Balaban J connectivity index is 0.000000956. The molecule has 2 nitrogen and oxygen atoms in total. The molecule has 0 saturated heterocycles. The highest BCUT2D eigenvalue weighted by atomic mass is 19.1. The summed E-state index contributed by atoms with van der Waals surface area (Å²) in [7, 11) is 0. The molecule has 0 N–H and O–H groups in total. The molecule has 1 saturated carbocycles. The Bertz CT molecular complexity index is 490. The Morgan fingerprint density at radius 2 is 2.10 bits per heavy atom. The molecule has 20 heavy (non-hydrogen) atoms. The lowest BCUT2D eigenvalue weighted by molar-refractivity contribution is 0.286. The first-order valence-electron chi connectivity index (χ1n) is 7.23. The van der Waals surface area contributed by atoms with Gasteiger partial charge in [0.05, 0.1) is 6.61 Å². The normalized spacial score (nSPS) is 13.8. The van der Waals surface area contributed by atoms with Gasteiger partial charge in [0.1, 0.15) is 5.69 Å². The van der Waals surface area contributed by atoms with Crippen LogP contribution in [0.4, 0.5) is 10.1 Å². The van der Waals surface area contributed by atoms with Gasteiger partial charge in [0, 0.05) is 11.8 Å². The maximum Gasteiger partial charge on any atom is 0.181 e. The topological polar surface area (TPSA) is 21.6 Å². The molecule has 0 aliphatic heterocycles. The number of hydrogen-bond donors (Lipinski definition) is 0. The minimum Gasteiger partial charge on any atom is -0.488 e. The van der Waals surface area contributed by atoms with E-state index in [0.717, 1.165) is 11.1 Å². The van der Waals surface area contributed by atoms with Gasteiger partial charge in [0.2, 0.25) is 0 Å². The largest absolute Gasteiger partial charge is 0.488 e. The molecule has 0 bridgehead atoms. The van der Waals surface area contributed by atoms with E-state index >= 15 is 0 Å². The van der Waals surface area contributed by atoms with E-state index in [9.17, 15) is 4.39 Å². The van der Waals surface area contributed by atoms with Crippen molar-refractivity contribution in [2.24, 2.45) is 10.9 Å². The molecule has 0 heterocycles. The lowest BCUT2D eigenvalue weighted by Gasteiger charge is -2.13. The third-order valence-corrected chi connectivity index (χ3v) is 2.96. The van der Waals surface area contributed by atoms with Crippen LogP contribution in [0.1, 0.15) is 46.1 Å². The van der Waals surface area contributed by atoms with Crippen molar-refractivity contribution in [2.45, 2.75) is 40.5 Å². The second-order valence-corrected chi connectivity index (χ2v) is 4.69. The van der Waals surface area contributed by atoms with Crippen molar-refractivity contribution < 1.29 is 9.13 Å².